The Kier molecular flexibility index (Phi) is 2.38. The normalized spacial score (nSPS) is 13.5. The van der Waals surface area contributed by atoms with Crippen molar-refractivity contribution in [1.82, 2.24) is 9.78 Å². The maximum atomic E-state index is 4.28. The van der Waals surface area contributed by atoms with Gasteiger partial charge in [-0.15, -0.1) is 11.8 Å². The van der Waals surface area contributed by atoms with Crippen LogP contribution >= 0.6 is 11.8 Å². The third-order valence-corrected chi connectivity index (χ3v) is 2.35. The SMILES string of the molecule is CSC(C)n1ccc(C)n1. The Morgan fingerprint density at radius 2 is 2.40 bits per heavy atom. The zero-order valence-electron chi connectivity index (χ0n) is 6.53. The maximum absolute atomic E-state index is 4.28. The van der Waals surface area contributed by atoms with E-state index < -0.39 is 0 Å². The standard InChI is InChI=1S/C7H12N2S/c1-6-4-5-9(8-6)7(2)10-3/h4-5,7H,1-3H3. The smallest absolute Gasteiger partial charge is 0.0939 e. The highest BCUT2D eigenvalue weighted by Crippen LogP contribution is 2.16. The van der Waals surface area contributed by atoms with E-state index in [-0.39, 0.29) is 0 Å². The van der Waals surface area contributed by atoms with Crippen molar-refractivity contribution in [3.8, 4) is 0 Å². The first kappa shape index (κ1) is 7.66. The van der Waals surface area contributed by atoms with Gasteiger partial charge < -0.3 is 0 Å². The average molecular weight is 156 g/mol. The van der Waals surface area contributed by atoms with Gasteiger partial charge in [0.2, 0.25) is 0 Å². The van der Waals surface area contributed by atoms with Crippen molar-refractivity contribution in [2.75, 3.05) is 6.26 Å². The van der Waals surface area contributed by atoms with Gasteiger partial charge in [0.05, 0.1) is 11.1 Å². The highest BCUT2D eigenvalue weighted by atomic mass is 32.2. The molecule has 0 aliphatic heterocycles. The predicted molar refractivity (Wildman–Crippen MR) is 45.2 cm³/mol. The highest BCUT2D eigenvalue weighted by Gasteiger charge is 2.00. The second-order valence-corrected chi connectivity index (χ2v) is 3.43. The Morgan fingerprint density at radius 1 is 1.70 bits per heavy atom. The molecule has 0 aliphatic rings. The number of hydrogen-bond acceptors (Lipinski definition) is 2. The minimum Gasteiger partial charge on any atom is -0.260 e. The Bertz CT molecular complexity index is 207. The Balaban J connectivity index is 2.74. The summed E-state index contributed by atoms with van der Waals surface area (Å²) in [6.45, 7) is 4.14. The van der Waals surface area contributed by atoms with Crippen LogP contribution in [-0.2, 0) is 0 Å². The topological polar surface area (TPSA) is 17.8 Å². The zero-order chi connectivity index (χ0) is 7.56. The van der Waals surface area contributed by atoms with E-state index in [1.165, 1.54) is 0 Å². The first-order valence-corrected chi connectivity index (χ1v) is 4.57. The Labute approximate surface area is 65.6 Å². The fourth-order valence-corrected chi connectivity index (χ4v) is 1.08. The molecule has 0 saturated carbocycles. The molecule has 0 saturated heterocycles. The quantitative estimate of drug-likeness (QED) is 0.652. The lowest BCUT2D eigenvalue weighted by Crippen LogP contribution is -2.00. The molecule has 0 spiro atoms. The summed E-state index contributed by atoms with van der Waals surface area (Å²) in [6.07, 6.45) is 4.10. The van der Waals surface area contributed by atoms with Crippen LogP contribution in [0.15, 0.2) is 12.3 Å². The summed E-state index contributed by atoms with van der Waals surface area (Å²) in [7, 11) is 0. The molecule has 0 bridgehead atoms. The van der Waals surface area contributed by atoms with Gasteiger partial charge in [0.15, 0.2) is 0 Å². The van der Waals surface area contributed by atoms with Gasteiger partial charge in [-0.2, -0.15) is 5.10 Å². The van der Waals surface area contributed by atoms with Crippen molar-refractivity contribution in [3.05, 3.63) is 18.0 Å². The summed E-state index contributed by atoms with van der Waals surface area (Å²) >= 11 is 1.79. The van der Waals surface area contributed by atoms with Crippen LogP contribution in [0.4, 0.5) is 0 Å². The van der Waals surface area contributed by atoms with Crippen LogP contribution in [-0.4, -0.2) is 16.0 Å². The summed E-state index contributed by atoms with van der Waals surface area (Å²) in [5.74, 6) is 0. The van der Waals surface area contributed by atoms with Crippen molar-refractivity contribution in [3.63, 3.8) is 0 Å². The largest absolute Gasteiger partial charge is 0.260 e. The van der Waals surface area contributed by atoms with Crippen LogP contribution in [0.2, 0.25) is 0 Å². The number of nitrogens with zero attached hydrogens (tertiary/aromatic N) is 2. The Hall–Kier alpha value is -0.440. The maximum Gasteiger partial charge on any atom is 0.0939 e. The van der Waals surface area contributed by atoms with Gasteiger partial charge in [-0.1, -0.05) is 0 Å². The lowest BCUT2D eigenvalue weighted by Gasteiger charge is -2.06. The zero-order valence-corrected chi connectivity index (χ0v) is 7.35. The molecular weight excluding hydrogens is 144 g/mol. The molecular formula is C7H12N2S. The lowest BCUT2D eigenvalue weighted by atomic mass is 10.5. The van der Waals surface area contributed by atoms with Crippen LogP contribution in [0, 0.1) is 6.92 Å². The summed E-state index contributed by atoms with van der Waals surface area (Å²) in [5.41, 5.74) is 1.08. The van der Waals surface area contributed by atoms with Crippen LogP contribution < -0.4 is 0 Å². The van der Waals surface area contributed by atoms with Crippen LogP contribution in [0.1, 0.15) is 18.0 Å². The molecule has 1 atom stereocenters. The Morgan fingerprint density at radius 3 is 2.80 bits per heavy atom. The molecule has 0 radical (unpaired) electrons. The van der Waals surface area contributed by atoms with E-state index in [1.807, 2.05) is 23.9 Å². The molecule has 1 unspecified atom stereocenters. The minimum absolute atomic E-state index is 0.452. The molecule has 1 heterocycles. The predicted octanol–water partition coefficient (Wildman–Crippen LogP) is 2.07. The molecule has 10 heavy (non-hydrogen) atoms. The summed E-state index contributed by atoms with van der Waals surface area (Å²) in [5, 5.41) is 4.73. The molecule has 0 aromatic carbocycles. The molecule has 56 valence electrons. The van der Waals surface area contributed by atoms with Crippen molar-refractivity contribution in [1.29, 1.82) is 0 Å². The molecule has 0 aliphatic carbocycles. The molecule has 3 heteroatoms. The third kappa shape index (κ3) is 1.53. The molecule has 0 N–H and O–H groups in total. The van der Waals surface area contributed by atoms with Gasteiger partial charge in [-0.05, 0) is 26.2 Å². The minimum atomic E-state index is 0.452. The van der Waals surface area contributed by atoms with Gasteiger partial charge in [0.25, 0.3) is 0 Å². The first-order chi connectivity index (χ1) is 4.74. The van der Waals surface area contributed by atoms with Crippen LogP contribution in [0.5, 0.6) is 0 Å². The average Bonchev–Trinajstić information content (AvgIpc) is 2.34. The first-order valence-electron chi connectivity index (χ1n) is 3.28. The summed E-state index contributed by atoms with van der Waals surface area (Å²) in [6, 6.07) is 2.02. The molecule has 0 fully saturated rings. The molecule has 1 aromatic rings. The third-order valence-electron chi connectivity index (χ3n) is 1.46. The van der Waals surface area contributed by atoms with Crippen LogP contribution in [0.3, 0.4) is 0 Å². The summed E-state index contributed by atoms with van der Waals surface area (Å²) in [4.78, 5) is 0. The van der Waals surface area contributed by atoms with E-state index in [0.717, 1.165) is 5.69 Å². The van der Waals surface area contributed by atoms with Crippen molar-refractivity contribution in [2.45, 2.75) is 19.2 Å². The highest BCUT2D eigenvalue weighted by molar-refractivity contribution is 7.98. The van der Waals surface area contributed by atoms with Crippen molar-refractivity contribution >= 4 is 11.8 Å². The van der Waals surface area contributed by atoms with E-state index >= 15 is 0 Å². The number of aromatic nitrogens is 2. The lowest BCUT2D eigenvalue weighted by molar-refractivity contribution is 0.638. The second-order valence-electron chi connectivity index (χ2n) is 2.27. The second kappa shape index (κ2) is 3.10. The van der Waals surface area contributed by atoms with Crippen molar-refractivity contribution < 1.29 is 0 Å². The van der Waals surface area contributed by atoms with Crippen LogP contribution in [0.25, 0.3) is 0 Å². The monoisotopic (exact) mass is 156 g/mol. The number of rotatable bonds is 2. The molecule has 1 aromatic heterocycles. The van der Waals surface area contributed by atoms with Gasteiger partial charge >= 0.3 is 0 Å². The molecule has 2 nitrogen and oxygen atoms in total. The van der Waals surface area contributed by atoms with E-state index in [0.29, 0.717) is 5.37 Å². The molecule has 1 rings (SSSR count). The number of hydrogen-bond donors (Lipinski definition) is 0. The van der Waals surface area contributed by atoms with Gasteiger partial charge in [0, 0.05) is 6.20 Å². The number of aryl methyl sites for hydroxylation is 1. The van der Waals surface area contributed by atoms with E-state index in [1.54, 1.807) is 11.8 Å². The van der Waals surface area contributed by atoms with Gasteiger partial charge in [-0.25, -0.2) is 0 Å². The van der Waals surface area contributed by atoms with Gasteiger partial charge in [0.1, 0.15) is 0 Å². The van der Waals surface area contributed by atoms with E-state index in [9.17, 15) is 0 Å². The van der Waals surface area contributed by atoms with Crippen molar-refractivity contribution in [2.24, 2.45) is 0 Å². The van der Waals surface area contributed by atoms with E-state index in [4.69, 9.17) is 0 Å². The van der Waals surface area contributed by atoms with E-state index in [2.05, 4.69) is 18.3 Å². The fourth-order valence-electron chi connectivity index (χ4n) is 0.744. The molecule has 0 amide bonds. The van der Waals surface area contributed by atoms with Gasteiger partial charge in [-0.3, -0.25) is 4.68 Å². The number of thioether (sulfide) groups is 1. The summed E-state index contributed by atoms with van der Waals surface area (Å²) < 4.78 is 1.97. The fraction of sp³-hybridized carbons (Fsp3) is 0.571.